The van der Waals surface area contributed by atoms with Crippen LogP contribution in [-0.4, -0.2) is 30.8 Å². The molecule has 3 aliphatic heterocycles. The van der Waals surface area contributed by atoms with Crippen LogP contribution in [0, 0.1) is 11.3 Å². The van der Waals surface area contributed by atoms with E-state index in [0.717, 1.165) is 39.9 Å². The lowest BCUT2D eigenvalue weighted by molar-refractivity contribution is 0.161. The number of benzene rings is 2. The Balaban J connectivity index is 1.52. The van der Waals surface area contributed by atoms with Crippen molar-refractivity contribution < 1.29 is 14.2 Å². The highest BCUT2D eigenvalue weighted by molar-refractivity contribution is 5.78. The molecule has 162 valence electrons. The number of rotatable bonds is 2. The molecule has 33 heavy (non-hydrogen) atoms. The average molecular weight is 436 g/mol. The summed E-state index contributed by atoms with van der Waals surface area (Å²) in [5.41, 5.74) is 11.5. The maximum absolute atomic E-state index is 9.30. The fourth-order valence-electron chi connectivity index (χ4n) is 4.64. The van der Waals surface area contributed by atoms with Crippen LogP contribution in [0.4, 0.5) is 0 Å². The summed E-state index contributed by atoms with van der Waals surface area (Å²) in [4.78, 5) is 9.43. The topological polar surface area (TPSA) is 103 Å². The van der Waals surface area contributed by atoms with Gasteiger partial charge >= 0.3 is 0 Å². The number of nitrogens with two attached hydrogens (primary N) is 1. The van der Waals surface area contributed by atoms with Crippen LogP contribution in [0.3, 0.4) is 0 Å². The number of nitriles is 1. The number of hydrogen-bond donors (Lipinski definition) is 1. The minimum absolute atomic E-state index is 0.148. The van der Waals surface area contributed by atoms with Gasteiger partial charge in [-0.1, -0.05) is 24.3 Å². The zero-order valence-corrected chi connectivity index (χ0v) is 17.7. The van der Waals surface area contributed by atoms with Crippen LogP contribution in [0.5, 0.6) is 11.5 Å². The fourth-order valence-corrected chi connectivity index (χ4v) is 4.64. The minimum atomic E-state index is -0.834. The predicted octanol–water partition coefficient (Wildman–Crippen LogP) is 4.12. The number of amidine groups is 1. The first-order valence-electron chi connectivity index (χ1n) is 10.7. The number of fused-ring (bicyclic) bond motifs is 4. The summed E-state index contributed by atoms with van der Waals surface area (Å²) in [6.07, 6.45) is 4.61. The zero-order chi connectivity index (χ0) is 22.4. The lowest BCUT2D eigenvalue weighted by Gasteiger charge is -2.34. The van der Waals surface area contributed by atoms with Crippen molar-refractivity contribution in [2.75, 3.05) is 19.8 Å². The first kappa shape index (κ1) is 19.5. The van der Waals surface area contributed by atoms with Crippen molar-refractivity contribution in [3.05, 3.63) is 83.2 Å². The Morgan fingerprint density at radius 3 is 2.70 bits per heavy atom. The predicted molar refractivity (Wildman–Crippen MR) is 123 cm³/mol. The molecule has 0 saturated carbocycles. The van der Waals surface area contributed by atoms with Gasteiger partial charge in [0.1, 0.15) is 12.4 Å². The molecule has 0 fully saturated rings. The lowest BCUT2D eigenvalue weighted by Crippen LogP contribution is -2.31. The maximum atomic E-state index is 9.30. The SMILES string of the molecule is N#Cc1cccc(-c2ccc3c(c2)[C@@]2(COC(N)=N2)c2cc(C4=CCOCC4)ncc2O3)c1. The molecule has 1 atom stereocenters. The summed E-state index contributed by atoms with van der Waals surface area (Å²) in [6.45, 7) is 1.53. The van der Waals surface area contributed by atoms with Crippen LogP contribution in [0.1, 0.15) is 28.8 Å². The quantitative estimate of drug-likeness (QED) is 0.648. The number of aromatic nitrogens is 1. The molecule has 3 aromatic rings. The van der Waals surface area contributed by atoms with Crippen molar-refractivity contribution in [2.24, 2.45) is 10.7 Å². The molecule has 0 radical (unpaired) electrons. The van der Waals surface area contributed by atoms with E-state index in [-0.39, 0.29) is 12.6 Å². The van der Waals surface area contributed by atoms with Crippen LogP contribution in [0.2, 0.25) is 0 Å². The molecule has 2 aromatic carbocycles. The van der Waals surface area contributed by atoms with Gasteiger partial charge in [-0.2, -0.15) is 5.26 Å². The first-order chi connectivity index (χ1) is 16.2. The Morgan fingerprint density at radius 2 is 1.91 bits per heavy atom. The molecular weight excluding hydrogens is 416 g/mol. The van der Waals surface area contributed by atoms with Crippen molar-refractivity contribution >= 4 is 11.6 Å². The maximum Gasteiger partial charge on any atom is 0.283 e. The summed E-state index contributed by atoms with van der Waals surface area (Å²) in [5.74, 6) is 1.32. The van der Waals surface area contributed by atoms with Gasteiger partial charge in [0.15, 0.2) is 11.3 Å². The van der Waals surface area contributed by atoms with E-state index in [1.807, 2.05) is 42.5 Å². The number of aliphatic imine (C=N–C) groups is 1. The molecular formula is C26H20N4O3. The minimum Gasteiger partial charge on any atom is -0.462 e. The van der Waals surface area contributed by atoms with Crippen molar-refractivity contribution in [2.45, 2.75) is 12.0 Å². The van der Waals surface area contributed by atoms with E-state index in [1.165, 1.54) is 0 Å². The largest absolute Gasteiger partial charge is 0.462 e. The highest BCUT2D eigenvalue weighted by Gasteiger charge is 2.47. The van der Waals surface area contributed by atoms with Gasteiger partial charge in [-0.25, -0.2) is 4.99 Å². The molecule has 4 heterocycles. The van der Waals surface area contributed by atoms with E-state index in [1.54, 1.807) is 12.3 Å². The van der Waals surface area contributed by atoms with E-state index < -0.39 is 5.54 Å². The molecule has 0 bridgehead atoms. The smallest absolute Gasteiger partial charge is 0.283 e. The zero-order valence-electron chi connectivity index (χ0n) is 17.7. The van der Waals surface area contributed by atoms with Gasteiger partial charge in [-0.15, -0.1) is 0 Å². The Morgan fingerprint density at radius 1 is 1.03 bits per heavy atom. The van der Waals surface area contributed by atoms with Gasteiger partial charge in [0, 0.05) is 11.1 Å². The Kier molecular flexibility index (Phi) is 4.42. The van der Waals surface area contributed by atoms with Gasteiger partial charge in [0.25, 0.3) is 6.02 Å². The highest BCUT2D eigenvalue weighted by Crippen LogP contribution is 2.51. The Labute approximate surface area is 190 Å². The molecule has 0 aliphatic carbocycles. The lowest BCUT2D eigenvalue weighted by atomic mass is 9.80. The number of pyridine rings is 1. The van der Waals surface area contributed by atoms with E-state index in [2.05, 4.69) is 17.1 Å². The van der Waals surface area contributed by atoms with E-state index in [0.29, 0.717) is 30.3 Å². The molecule has 0 unspecified atom stereocenters. The molecule has 6 rings (SSSR count). The molecule has 1 aromatic heterocycles. The molecule has 7 heteroatoms. The van der Waals surface area contributed by atoms with Crippen molar-refractivity contribution in [3.63, 3.8) is 0 Å². The first-order valence-corrected chi connectivity index (χ1v) is 10.7. The van der Waals surface area contributed by atoms with Crippen LogP contribution in [-0.2, 0) is 15.0 Å². The summed E-state index contributed by atoms with van der Waals surface area (Å²) in [6, 6.07) is 17.8. The monoisotopic (exact) mass is 436 g/mol. The summed E-state index contributed by atoms with van der Waals surface area (Å²) in [7, 11) is 0. The van der Waals surface area contributed by atoms with Gasteiger partial charge in [0.2, 0.25) is 0 Å². The Hall–Kier alpha value is -4.15. The summed E-state index contributed by atoms with van der Waals surface area (Å²) < 4.78 is 17.4. The summed E-state index contributed by atoms with van der Waals surface area (Å²) in [5, 5.41) is 9.30. The van der Waals surface area contributed by atoms with E-state index in [9.17, 15) is 5.26 Å². The molecule has 1 spiro atoms. The second-order valence-corrected chi connectivity index (χ2v) is 8.22. The third-order valence-corrected chi connectivity index (χ3v) is 6.31. The van der Waals surface area contributed by atoms with Gasteiger partial charge in [-0.05, 0) is 53.5 Å². The van der Waals surface area contributed by atoms with Crippen LogP contribution in [0.15, 0.2) is 65.8 Å². The van der Waals surface area contributed by atoms with Gasteiger partial charge < -0.3 is 19.9 Å². The van der Waals surface area contributed by atoms with E-state index in [4.69, 9.17) is 24.9 Å². The standard InChI is InChI=1S/C26H20N4O3/c27-13-16-2-1-3-18(10-16)19-4-5-23-20(11-19)26(15-32-25(28)30-26)21-12-22(29-14-24(21)33-23)17-6-8-31-9-7-17/h1-6,10-12,14H,7-9,15H2,(H2,28,30)/t26-/m0/s1. The third-order valence-electron chi connectivity index (χ3n) is 6.31. The number of nitrogens with zero attached hydrogens (tertiary/aromatic N) is 3. The van der Waals surface area contributed by atoms with Crippen molar-refractivity contribution in [3.8, 4) is 28.7 Å². The highest BCUT2D eigenvalue weighted by atomic mass is 16.5. The van der Waals surface area contributed by atoms with Crippen molar-refractivity contribution in [1.29, 1.82) is 5.26 Å². The van der Waals surface area contributed by atoms with Crippen LogP contribution >= 0.6 is 0 Å². The second-order valence-electron chi connectivity index (χ2n) is 8.22. The normalized spacial score (nSPS) is 20.6. The number of ether oxygens (including phenoxy) is 3. The summed E-state index contributed by atoms with van der Waals surface area (Å²) >= 11 is 0. The molecule has 0 saturated heterocycles. The third kappa shape index (κ3) is 3.15. The molecule has 7 nitrogen and oxygen atoms in total. The second kappa shape index (κ2) is 7.47. The van der Waals surface area contributed by atoms with Gasteiger partial charge in [0.05, 0.1) is 36.7 Å². The number of hydrogen-bond acceptors (Lipinski definition) is 7. The fraction of sp³-hybridized carbons (Fsp3) is 0.192. The average Bonchev–Trinajstić information content (AvgIpc) is 3.26. The van der Waals surface area contributed by atoms with Crippen molar-refractivity contribution in [1.82, 2.24) is 4.98 Å². The van der Waals surface area contributed by atoms with Crippen LogP contribution < -0.4 is 10.5 Å². The molecule has 3 aliphatic rings. The van der Waals surface area contributed by atoms with E-state index >= 15 is 0 Å². The van der Waals surface area contributed by atoms with Gasteiger partial charge in [-0.3, -0.25) is 4.98 Å². The Bertz CT molecular complexity index is 1390. The molecule has 2 N–H and O–H groups in total. The molecule has 0 amide bonds. The van der Waals surface area contributed by atoms with Crippen LogP contribution in [0.25, 0.3) is 16.7 Å².